The molecule has 1 amide bonds. The first-order chi connectivity index (χ1) is 13.3. The molecule has 0 unspecified atom stereocenters. The monoisotopic (exact) mass is 408 g/mol. The van der Waals surface area contributed by atoms with Crippen molar-refractivity contribution in [2.24, 2.45) is 0 Å². The van der Waals surface area contributed by atoms with Crippen molar-refractivity contribution in [3.8, 4) is 5.75 Å². The van der Waals surface area contributed by atoms with Crippen LogP contribution >= 0.6 is 0 Å². The van der Waals surface area contributed by atoms with Crippen LogP contribution in [0.1, 0.15) is 18.4 Å². The molecule has 0 spiro atoms. The lowest BCUT2D eigenvalue weighted by Gasteiger charge is -2.22. The van der Waals surface area contributed by atoms with Crippen molar-refractivity contribution in [3.05, 3.63) is 59.9 Å². The second kappa shape index (κ2) is 10.1. The van der Waals surface area contributed by atoms with Crippen LogP contribution in [-0.4, -0.2) is 40.3 Å². The number of amides is 1. The molecule has 0 saturated heterocycles. The second-order valence-electron chi connectivity index (χ2n) is 6.41. The summed E-state index contributed by atoms with van der Waals surface area (Å²) in [5, 5.41) is 2.73. The molecule has 1 N–H and O–H groups in total. The van der Waals surface area contributed by atoms with Crippen LogP contribution in [0.5, 0.6) is 5.75 Å². The molecule has 0 fully saturated rings. The van der Waals surface area contributed by atoms with Gasteiger partial charge in [0.25, 0.3) is 0 Å². The molecule has 0 heterocycles. The predicted molar refractivity (Wildman–Crippen MR) is 108 cm³/mol. The Kier molecular flexibility index (Phi) is 7.80. The zero-order chi connectivity index (χ0) is 20.6. The lowest BCUT2D eigenvalue weighted by Crippen LogP contribution is -2.33. The molecule has 2 rings (SSSR count). The molecular weight excluding hydrogens is 383 g/mol. The number of anilines is 1. The summed E-state index contributed by atoms with van der Waals surface area (Å²) >= 11 is 0. The van der Waals surface area contributed by atoms with E-state index in [1.165, 1.54) is 18.2 Å². The van der Waals surface area contributed by atoms with Crippen LogP contribution in [0.2, 0.25) is 0 Å². The molecule has 0 atom stereocenters. The van der Waals surface area contributed by atoms with Crippen LogP contribution in [0.4, 0.5) is 10.1 Å². The molecule has 0 bridgehead atoms. The summed E-state index contributed by atoms with van der Waals surface area (Å²) in [4.78, 5) is 11.9. The van der Waals surface area contributed by atoms with Gasteiger partial charge in [-0.2, -0.15) is 0 Å². The zero-order valence-electron chi connectivity index (χ0n) is 16.0. The topological polar surface area (TPSA) is 75.7 Å². The number of aryl methyl sites for hydroxylation is 1. The van der Waals surface area contributed by atoms with Crippen molar-refractivity contribution in [2.45, 2.75) is 19.8 Å². The van der Waals surface area contributed by atoms with Crippen molar-refractivity contribution < 1.29 is 22.3 Å². The van der Waals surface area contributed by atoms with Gasteiger partial charge >= 0.3 is 0 Å². The van der Waals surface area contributed by atoms with Gasteiger partial charge in [-0.1, -0.05) is 24.3 Å². The Hall–Kier alpha value is -2.61. The number of carbonyl (C=O) groups is 1. The average Bonchev–Trinajstić information content (AvgIpc) is 2.62. The smallest absolute Gasteiger partial charge is 0.232 e. The fourth-order valence-electron chi connectivity index (χ4n) is 2.65. The van der Waals surface area contributed by atoms with Crippen molar-refractivity contribution in [3.63, 3.8) is 0 Å². The zero-order valence-corrected chi connectivity index (χ0v) is 16.8. The van der Waals surface area contributed by atoms with Crippen molar-refractivity contribution in [1.29, 1.82) is 0 Å². The Morgan fingerprint density at radius 2 is 1.93 bits per heavy atom. The minimum Gasteiger partial charge on any atom is -0.492 e. The van der Waals surface area contributed by atoms with Crippen LogP contribution in [0.3, 0.4) is 0 Å². The first kappa shape index (κ1) is 21.7. The number of sulfonamides is 1. The van der Waals surface area contributed by atoms with Gasteiger partial charge in [-0.15, -0.1) is 0 Å². The summed E-state index contributed by atoms with van der Waals surface area (Å²) < 4.78 is 44.4. The molecule has 28 heavy (non-hydrogen) atoms. The molecule has 0 saturated carbocycles. The quantitative estimate of drug-likeness (QED) is 0.614. The predicted octanol–water partition coefficient (Wildman–Crippen LogP) is 2.88. The van der Waals surface area contributed by atoms with Gasteiger partial charge in [0.05, 0.1) is 18.5 Å². The van der Waals surface area contributed by atoms with Gasteiger partial charge in [-0.25, -0.2) is 12.8 Å². The van der Waals surface area contributed by atoms with E-state index < -0.39 is 15.8 Å². The van der Waals surface area contributed by atoms with E-state index in [4.69, 9.17) is 4.74 Å². The summed E-state index contributed by atoms with van der Waals surface area (Å²) in [5.74, 6) is -0.0940. The second-order valence-corrected chi connectivity index (χ2v) is 8.31. The van der Waals surface area contributed by atoms with Crippen LogP contribution in [0.15, 0.2) is 48.5 Å². The third kappa shape index (κ3) is 6.84. The molecule has 2 aromatic carbocycles. The first-order valence-corrected chi connectivity index (χ1v) is 10.8. The Morgan fingerprint density at radius 3 is 2.61 bits per heavy atom. The van der Waals surface area contributed by atoms with Gasteiger partial charge in [-0.05, 0) is 43.2 Å². The maximum Gasteiger partial charge on any atom is 0.232 e. The summed E-state index contributed by atoms with van der Waals surface area (Å²) in [6, 6.07) is 13.3. The number of carbonyl (C=O) groups excluding carboxylic acids is 1. The van der Waals surface area contributed by atoms with E-state index in [2.05, 4.69) is 5.32 Å². The number of benzene rings is 2. The first-order valence-electron chi connectivity index (χ1n) is 8.96. The summed E-state index contributed by atoms with van der Waals surface area (Å²) in [6.07, 6.45) is 1.42. The van der Waals surface area contributed by atoms with Crippen LogP contribution < -0.4 is 14.4 Å². The minimum absolute atomic E-state index is 0.0167. The van der Waals surface area contributed by atoms with Gasteiger partial charge in [0.2, 0.25) is 15.9 Å². The van der Waals surface area contributed by atoms with E-state index >= 15 is 0 Å². The van der Waals surface area contributed by atoms with Crippen molar-refractivity contribution >= 4 is 21.6 Å². The fraction of sp³-hybridized carbons (Fsp3) is 0.350. The van der Waals surface area contributed by atoms with Gasteiger partial charge in [-0.3, -0.25) is 9.10 Å². The van der Waals surface area contributed by atoms with Gasteiger partial charge in [0.1, 0.15) is 18.2 Å². The minimum atomic E-state index is -3.65. The molecule has 0 aliphatic carbocycles. The Balaban J connectivity index is 1.76. The SMILES string of the molecule is Cc1cccc(OCCNC(=O)CCCN(c2ccccc2F)S(C)(=O)=O)c1. The normalized spacial score (nSPS) is 11.1. The lowest BCUT2D eigenvalue weighted by molar-refractivity contribution is -0.121. The van der Waals surface area contributed by atoms with Crippen LogP contribution in [0.25, 0.3) is 0 Å². The van der Waals surface area contributed by atoms with Crippen LogP contribution in [0, 0.1) is 12.7 Å². The number of rotatable bonds is 10. The number of halogens is 1. The third-order valence-electron chi connectivity index (χ3n) is 3.97. The lowest BCUT2D eigenvalue weighted by atomic mass is 10.2. The van der Waals surface area contributed by atoms with Crippen molar-refractivity contribution in [1.82, 2.24) is 5.32 Å². The molecular formula is C20H25FN2O4S. The molecule has 0 aliphatic heterocycles. The number of hydrogen-bond acceptors (Lipinski definition) is 4. The van der Waals surface area contributed by atoms with E-state index in [9.17, 15) is 17.6 Å². The molecule has 2 aromatic rings. The Labute approximate surface area is 165 Å². The van der Waals surface area contributed by atoms with E-state index in [1.54, 1.807) is 6.07 Å². The fourth-order valence-corrected chi connectivity index (χ4v) is 3.62. The van der Waals surface area contributed by atoms with E-state index in [0.29, 0.717) is 13.2 Å². The third-order valence-corrected chi connectivity index (χ3v) is 5.15. The number of nitrogens with one attached hydrogen (secondary N) is 1. The maximum atomic E-state index is 13.9. The highest BCUT2D eigenvalue weighted by Gasteiger charge is 2.20. The Bertz CT molecular complexity index is 903. The number of nitrogens with zero attached hydrogens (tertiary/aromatic N) is 1. The van der Waals surface area contributed by atoms with Gasteiger partial charge in [0, 0.05) is 13.0 Å². The molecule has 152 valence electrons. The number of hydrogen-bond donors (Lipinski definition) is 1. The number of ether oxygens (including phenoxy) is 1. The maximum absolute atomic E-state index is 13.9. The standard InChI is InChI=1S/C20H25FN2O4S/c1-16-7-5-8-17(15-16)27-14-12-22-20(24)11-6-13-23(28(2,25)26)19-10-4-3-9-18(19)21/h3-5,7-10,15H,6,11-14H2,1-2H3,(H,22,24). The highest BCUT2D eigenvalue weighted by Crippen LogP contribution is 2.21. The van der Waals surface area contributed by atoms with E-state index in [-0.39, 0.29) is 31.0 Å². The van der Waals surface area contributed by atoms with Gasteiger partial charge < -0.3 is 10.1 Å². The van der Waals surface area contributed by atoms with E-state index in [1.807, 2.05) is 31.2 Å². The molecule has 0 radical (unpaired) electrons. The number of para-hydroxylation sites is 1. The molecule has 6 nitrogen and oxygen atoms in total. The summed E-state index contributed by atoms with van der Waals surface area (Å²) in [7, 11) is -3.65. The summed E-state index contributed by atoms with van der Waals surface area (Å²) in [6.45, 7) is 2.67. The van der Waals surface area contributed by atoms with Crippen molar-refractivity contribution in [2.75, 3.05) is 30.3 Å². The molecule has 0 aliphatic rings. The largest absolute Gasteiger partial charge is 0.492 e. The van der Waals surface area contributed by atoms with Gasteiger partial charge in [0.15, 0.2) is 0 Å². The van der Waals surface area contributed by atoms with Crippen LogP contribution in [-0.2, 0) is 14.8 Å². The van der Waals surface area contributed by atoms with E-state index in [0.717, 1.165) is 21.9 Å². The highest BCUT2D eigenvalue weighted by molar-refractivity contribution is 7.92. The summed E-state index contributed by atoms with van der Waals surface area (Å²) in [5.41, 5.74) is 1.07. The Morgan fingerprint density at radius 1 is 1.18 bits per heavy atom. The average molecular weight is 408 g/mol. The molecule has 8 heteroatoms. The molecule has 0 aromatic heterocycles. The highest BCUT2D eigenvalue weighted by atomic mass is 32.2.